The first kappa shape index (κ1) is 14.2. The zero-order valence-electron chi connectivity index (χ0n) is 9.91. The number of sulfonamides is 1. The Labute approximate surface area is 105 Å². The van der Waals surface area contributed by atoms with Crippen molar-refractivity contribution in [1.29, 1.82) is 0 Å². The molecule has 0 aliphatic heterocycles. The van der Waals surface area contributed by atoms with E-state index in [1.165, 1.54) is 31.2 Å². The van der Waals surface area contributed by atoms with Crippen LogP contribution in [0, 0.1) is 0 Å². The summed E-state index contributed by atoms with van der Waals surface area (Å²) in [5.41, 5.74) is 0. The first-order valence-corrected chi connectivity index (χ1v) is 6.60. The molecule has 0 unspecified atom stereocenters. The van der Waals surface area contributed by atoms with Gasteiger partial charge in [0.2, 0.25) is 0 Å². The molecule has 18 heavy (non-hydrogen) atoms. The van der Waals surface area contributed by atoms with Crippen LogP contribution in [-0.2, 0) is 24.3 Å². The molecule has 0 aliphatic rings. The van der Waals surface area contributed by atoms with Gasteiger partial charge >= 0.3 is 5.97 Å². The normalized spacial score (nSPS) is 12.6. The molecule has 0 radical (unpaired) electrons. The van der Waals surface area contributed by atoms with Crippen LogP contribution in [0.4, 0.5) is 0 Å². The molecule has 0 bridgehead atoms. The largest absolute Gasteiger partial charge is 0.453 e. The maximum Gasteiger partial charge on any atom is 0.303 e. The third-order valence-electron chi connectivity index (χ3n) is 2.00. The van der Waals surface area contributed by atoms with Crippen molar-refractivity contribution in [3.63, 3.8) is 0 Å². The number of hydrogen-bond donors (Lipinski definition) is 1. The Morgan fingerprint density at radius 2 is 1.78 bits per heavy atom. The SMILES string of the molecule is CC(=O)O[C@@H](C)C(=O)NS(=O)(=O)c1ccccc1. The zero-order chi connectivity index (χ0) is 13.8. The highest BCUT2D eigenvalue weighted by Crippen LogP contribution is 2.07. The van der Waals surface area contributed by atoms with Crippen molar-refractivity contribution in [2.75, 3.05) is 0 Å². The standard InChI is InChI=1S/C11H13NO5S/c1-8(17-9(2)13)11(14)12-18(15,16)10-6-4-3-5-7-10/h3-8H,1-2H3,(H,12,14)/t8-/m0/s1. The van der Waals surface area contributed by atoms with Crippen LogP contribution < -0.4 is 4.72 Å². The van der Waals surface area contributed by atoms with Crippen molar-refractivity contribution < 1.29 is 22.7 Å². The first-order chi connectivity index (χ1) is 8.33. The number of carbonyl (C=O) groups is 2. The molecule has 0 spiro atoms. The van der Waals surface area contributed by atoms with Crippen LogP contribution in [-0.4, -0.2) is 26.4 Å². The minimum atomic E-state index is -3.93. The van der Waals surface area contributed by atoms with Crippen LogP contribution in [0.3, 0.4) is 0 Å². The second-order valence-corrected chi connectivity index (χ2v) is 5.22. The Bertz CT molecular complexity index is 538. The van der Waals surface area contributed by atoms with Crippen LogP contribution in [0.2, 0.25) is 0 Å². The third-order valence-corrected chi connectivity index (χ3v) is 3.36. The van der Waals surface area contributed by atoms with E-state index in [1.54, 1.807) is 6.07 Å². The molecule has 98 valence electrons. The van der Waals surface area contributed by atoms with Gasteiger partial charge in [-0.25, -0.2) is 13.1 Å². The topological polar surface area (TPSA) is 89.5 Å². The molecule has 0 aliphatic carbocycles. The summed E-state index contributed by atoms with van der Waals surface area (Å²) >= 11 is 0. The first-order valence-electron chi connectivity index (χ1n) is 5.12. The maximum atomic E-state index is 11.8. The molecule has 1 amide bonds. The van der Waals surface area contributed by atoms with Crippen LogP contribution in [0.5, 0.6) is 0 Å². The van der Waals surface area contributed by atoms with Crippen molar-refractivity contribution >= 4 is 21.9 Å². The molecule has 1 rings (SSSR count). The van der Waals surface area contributed by atoms with Gasteiger partial charge < -0.3 is 4.74 Å². The van der Waals surface area contributed by atoms with Crippen molar-refractivity contribution in [3.05, 3.63) is 30.3 Å². The molecule has 1 atom stereocenters. The maximum absolute atomic E-state index is 11.8. The van der Waals surface area contributed by atoms with E-state index < -0.39 is 28.0 Å². The lowest BCUT2D eigenvalue weighted by molar-refractivity contribution is -0.152. The highest BCUT2D eigenvalue weighted by Gasteiger charge is 2.23. The van der Waals surface area contributed by atoms with Crippen LogP contribution in [0.15, 0.2) is 35.2 Å². The molecule has 1 N–H and O–H groups in total. The monoisotopic (exact) mass is 271 g/mol. The second kappa shape index (κ2) is 5.63. The van der Waals surface area contributed by atoms with E-state index in [0.717, 1.165) is 6.92 Å². The van der Waals surface area contributed by atoms with E-state index in [2.05, 4.69) is 4.74 Å². The Balaban J connectivity index is 2.79. The number of esters is 1. The summed E-state index contributed by atoms with van der Waals surface area (Å²) in [6, 6.07) is 7.43. The van der Waals surface area contributed by atoms with E-state index in [9.17, 15) is 18.0 Å². The van der Waals surface area contributed by atoms with Gasteiger partial charge in [0.25, 0.3) is 15.9 Å². The Morgan fingerprint density at radius 3 is 2.28 bits per heavy atom. The fourth-order valence-corrected chi connectivity index (χ4v) is 2.24. The van der Waals surface area contributed by atoms with E-state index in [0.29, 0.717) is 0 Å². The molecule has 0 fully saturated rings. The number of hydrogen-bond acceptors (Lipinski definition) is 5. The van der Waals surface area contributed by atoms with Gasteiger partial charge in [-0.15, -0.1) is 0 Å². The quantitative estimate of drug-likeness (QED) is 0.803. The number of rotatable bonds is 4. The van der Waals surface area contributed by atoms with Gasteiger partial charge in [-0.1, -0.05) is 18.2 Å². The van der Waals surface area contributed by atoms with Gasteiger partial charge in [0.15, 0.2) is 6.10 Å². The minimum absolute atomic E-state index is 0.0339. The second-order valence-electron chi connectivity index (χ2n) is 3.53. The summed E-state index contributed by atoms with van der Waals surface area (Å²) in [7, 11) is -3.93. The van der Waals surface area contributed by atoms with Gasteiger partial charge in [-0.05, 0) is 19.1 Å². The number of ether oxygens (including phenoxy) is 1. The lowest BCUT2D eigenvalue weighted by Gasteiger charge is -2.12. The number of benzene rings is 1. The van der Waals surface area contributed by atoms with Crippen LogP contribution >= 0.6 is 0 Å². The minimum Gasteiger partial charge on any atom is -0.453 e. The van der Waals surface area contributed by atoms with E-state index in [4.69, 9.17) is 0 Å². The van der Waals surface area contributed by atoms with Gasteiger partial charge in [0.05, 0.1) is 4.90 Å². The lowest BCUT2D eigenvalue weighted by Crippen LogP contribution is -2.39. The fourth-order valence-electron chi connectivity index (χ4n) is 1.18. The lowest BCUT2D eigenvalue weighted by atomic mass is 10.4. The molecular weight excluding hydrogens is 258 g/mol. The number of nitrogens with one attached hydrogen (secondary N) is 1. The predicted molar refractivity (Wildman–Crippen MR) is 63.0 cm³/mol. The summed E-state index contributed by atoms with van der Waals surface area (Å²) in [6.07, 6.45) is -1.17. The Morgan fingerprint density at radius 1 is 1.22 bits per heavy atom. The summed E-state index contributed by atoms with van der Waals surface area (Å²) in [4.78, 5) is 22.1. The highest BCUT2D eigenvalue weighted by atomic mass is 32.2. The van der Waals surface area contributed by atoms with E-state index in [1.807, 2.05) is 4.72 Å². The summed E-state index contributed by atoms with van der Waals surface area (Å²) in [6.45, 7) is 2.42. The highest BCUT2D eigenvalue weighted by molar-refractivity contribution is 7.90. The molecule has 0 saturated carbocycles. The molecule has 0 aromatic heterocycles. The van der Waals surface area contributed by atoms with Gasteiger partial charge in [0, 0.05) is 6.92 Å². The Kier molecular flexibility index (Phi) is 4.43. The summed E-state index contributed by atoms with van der Waals surface area (Å²) in [5.74, 6) is -1.55. The van der Waals surface area contributed by atoms with Crippen molar-refractivity contribution in [2.24, 2.45) is 0 Å². The van der Waals surface area contributed by atoms with Crippen molar-refractivity contribution in [1.82, 2.24) is 4.72 Å². The van der Waals surface area contributed by atoms with Gasteiger partial charge in [0.1, 0.15) is 0 Å². The number of amides is 1. The molecule has 7 heteroatoms. The van der Waals surface area contributed by atoms with Crippen LogP contribution in [0.25, 0.3) is 0 Å². The predicted octanol–water partition coefficient (Wildman–Crippen LogP) is 0.443. The molecule has 0 saturated heterocycles. The molecular formula is C11H13NO5S. The molecule has 0 heterocycles. The average molecular weight is 271 g/mol. The van der Waals surface area contributed by atoms with Gasteiger partial charge in [-0.3, -0.25) is 9.59 Å². The summed E-state index contributed by atoms with van der Waals surface area (Å²) in [5, 5.41) is 0. The number of carbonyl (C=O) groups excluding carboxylic acids is 2. The molecule has 6 nitrogen and oxygen atoms in total. The van der Waals surface area contributed by atoms with Crippen LogP contribution in [0.1, 0.15) is 13.8 Å². The average Bonchev–Trinajstić information content (AvgIpc) is 2.28. The third kappa shape index (κ3) is 3.85. The van der Waals surface area contributed by atoms with Gasteiger partial charge in [-0.2, -0.15) is 0 Å². The molecule has 1 aromatic rings. The Hall–Kier alpha value is -1.89. The van der Waals surface area contributed by atoms with E-state index in [-0.39, 0.29) is 4.90 Å². The smallest absolute Gasteiger partial charge is 0.303 e. The van der Waals surface area contributed by atoms with E-state index >= 15 is 0 Å². The van der Waals surface area contributed by atoms with Crippen molar-refractivity contribution in [3.8, 4) is 0 Å². The summed E-state index contributed by atoms with van der Waals surface area (Å²) < 4.78 is 29.9. The zero-order valence-corrected chi connectivity index (χ0v) is 10.7. The molecule has 1 aromatic carbocycles. The fraction of sp³-hybridized carbons (Fsp3) is 0.273. The van der Waals surface area contributed by atoms with Crippen molar-refractivity contribution in [2.45, 2.75) is 24.8 Å².